The molecule has 2 nitrogen and oxygen atoms in total. The molecule has 0 heterocycles. The number of anilines is 1. The number of rotatable bonds is 4. The number of methoxy groups -OCH3 is 1. The first kappa shape index (κ1) is 10.6. The van der Waals surface area contributed by atoms with E-state index in [2.05, 4.69) is 18.3 Å². The van der Waals surface area contributed by atoms with E-state index in [1.54, 1.807) is 7.11 Å². The highest BCUT2D eigenvalue weighted by atomic mass is 16.5. The van der Waals surface area contributed by atoms with E-state index in [1.165, 1.54) is 0 Å². The summed E-state index contributed by atoms with van der Waals surface area (Å²) in [6.07, 6.45) is 4.16. The molecule has 0 aliphatic heterocycles. The Labute approximate surface area is 85.6 Å². The first-order valence-electron chi connectivity index (χ1n) is 4.79. The second kappa shape index (κ2) is 5.32. The summed E-state index contributed by atoms with van der Waals surface area (Å²) < 4.78 is 5.08. The van der Waals surface area contributed by atoms with Gasteiger partial charge >= 0.3 is 0 Å². The van der Waals surface area contributed by atoms with Crippen LogP contribution in [0.2, 0.25) is 0 Å². The lowest BCUT2D eigenvalue weighted by Gasteiger charge is -2.11. The zero-order valence-corrected chi connectivity index (χ0v) is 8.95. The summed E-state index contributed by atoms with van der Waals surface area (Å²) >= 11 is 0. The SMILES string of the molecule is CC=CC(C)Nc1ccc(OC)cc1. The van der Waals surface area contributed by atoms with Crippen LogP contribution in [0.15, 0.2) is 36.4 Å². The van der Waals surface area contributed by atoms with Crippen LogP contribution < -0.4 is 10.1 Å². The third-order valence-electron chi connectivity index (χ3n) is 1.97. The molecule has 0 saturated carbocycles. The van der Waals surface area contributed by atoms with Crippen molar-refractivity contribution in [2.75, 3.05) is 12.4 Å². The molecular formula is C12H17NO. The average molecular weight is 191 g/mol. The van der Waals surface area contributed by atoms with Crippen molar-refractivity contribution >= 4 is 5.69 Å². The van der Waals surface area contributed by atoms with Crippen molar-refractivity contribution in [1.29, 1.82) is 0 Å². The molecule has 1 rings (SSSR count). The van der Waals surface area contributed by atoms with Crippen LogP contribution in [0.5, 0.6) is 5.75 Å². The Kier molecular flexibility index (Phi) is 4.05. The molecule has 0 saturated heterocycles. The molecule has 0 aromatic heterocycles. The van der Waals surface area contributed by atoms with Crippen LogP contribution in [0, 0.1) is 0 Å². The molecule has 2 heteroatoms. The number of ether oxygens (including phenoxy) is 1. The van der Waals surface area contributed by atoms with Crippen LogP contribution in [0.1, 0.15) is 13.8 Å². The molecule has 1 aromatic carbocycles. The van der Waals surface area contributed by atoms with Gasteiger partial charge in [0.1, 0.15) is 5.75 Å². The number of allylic oxidation sites excluding steroid dienone is 1. The summed E-state index contributed by atoms with van der Waals surface area (Å²) in [6.45, 7) is 4.14. The van der Waals surface area contributed by atoms with Gasteiger partial charge in [-0.25, -0.2) is 0 Å². The zero-order chi connectivity index (χ0) is 10.4. The molecule has 14 heavy (non-hydrogen) atoms. The fourth-order valence-corrected chi connectivity index (χ4v) is 1.29. The van der Waals surface area contributed by atoms with Crippen molar-refractivity contribution in [2.24, 2.45) is 0 Å². The van der Waals surface area contributed by atoms with Gasteiger partial charge in [-0.2, -0.15) is 0 Å². The minimum absolute atomic E-state index is 0.355. The van der Waals surface area contributed by atoms with Crippen LogP contribution in [0.3, 0.4) is 0 Å². The topological polar surface area (TPSA) is 21.3 Å². The van der Waals surface area contributed by atoms with E-state index in [9.17, 15) is 0 Å². The Morgan fingerprint density at radius 2 is 1.93 bits per heavy atom. The molecule has 76 valence electrons. The van der Waals surface area contributed by atoms with Gasteiger partial charge in [-0.15, -0.1) is 0 Å². The monoisotopic (exact) mass is 191 g/mol. The van der Waals surface area contributed by atoms with Crippen LogP contribution in [-0.2, 0) is 0 Å². The van der Waals surface area contributed by atoms with Gasteiger partial charge in [0.2, 0.25) is 0 Å². The van der Waals surface area contributed by atoms with Crippen LogP contribution in [-0.4, -0.2) is 13.2 Å². The third-order valence-corrected chi connectivity index (χ3v) is 1.97. The fraction of sp³-hybridized carbons (Fsp3) is 0.333. The van der Waals surface area contributed by atoms with Crippen molar-refractivity contribution in [2.45, 2.75) is 19.9 Å². The summed E-state index contributed by atoms with van der Waals surface area (Å²) in [7, 11) is 1.67. The van der Waals surface area contributed by atoms with Gasteiger partial charge < -0.3 is 10.1 Å². The molecule has 0 bridgehead atoms. The molecule has 0 radical (unpaired) electrons. The molecule has 0 amide bonds. The molecular weight excluding hydrogens is 174 g/mol. The second-order valence-electron chi connectivity index (χ2n) is 3.19. The number of benzene rings is 1. The minimum atomic E-state index is 0.355. The lowest BCUT2D eigenvalue weighted by atomic mass is 10.2. The largest absolute Gasteiger partial charge is 0.497 e. The predicted octanol–water partition coefficient (Wildman–Crippen LogP) is 3.07. The van der Waals surface area contributed by atoms with Crippen LogP contribution in [0.25, 0.3) is 0 Å². The number of nitrogens with one attached hydrogen (secondary N) is 1. The molecule has 1 atom stereocenters. The van der Waals surface area contributed by atoms with Crippen LogP contribution >= 0.6 is 0 Å². The average Bonchev–Trinajstić information content (AvgIpc) is 2.19. The van der Waals surface area contributed by atoms with E-state index in [0.717, 1.165) is 11.4 Å². The normalized spacial score (nSPS) is 12.8. The van der Waals surface area contributed by atoms with E-state index >= 15 is 0 Å². The van der Waals surface area contributed by atoms with Gasteiger partial charge in [-0.1, -0.05) is 12.2 Å². The van der Waals surface area contributed by atoms with Gasteiger partial charge in [-0.05, 0) is 38.1 Å². The lowest BCUT2D eigenvalue weighted by molar-refractivity contribution is 0.415. The minimum Gasteiger partial charge on any atom is -0.497 e. The van der Waals surface area contributed by atoms with Crippen molar-refractivity contribution in [1.82, 2.24) is 0 Å². The van der Waals surface area contributed by atoms with E-state index < -0.39 is 0 Å². The maximum atomic E-state index is 5.08. The highest BCUT2D eigenvalue weighted by Crippen LogP contribution is 2.15. The number of hydrogen-bond donors (Lipinski definition) is 1. The molecule has 0 spiro atoms. The molecule has 0 aliphatic rings. The van der Waals surface area contributed by atoms with Gasteiger partial charge in [0.05, 0.1) is 7.11 Å². The Balaban J connectivity index is 2.59. The van der Waals surface area contributed by atoms with Crippen molar-refractivity contribution in [3.05, 3.63) is 36.4 Å². The third kappa shape index (κ3) is 3.13. The second-order valence-corrected chi connectivity index (χ2v) is 3.19. The maximum Gasteiger partial charge on any atom is 0.119 e. The first-order chi connectivity index (χ1) is 6.76. The van der Waals surface area contributed by atoms with Crippen molar-refractivity contribution in [3.8, 4) is 5.75 Å². The highest BCUT2D eigenvalue weighted by molar-refractivity contribution is 5.47. The quantitative estimate of drug-likeness (QED) is 0.738. The predicted molar refractivity (Wildman–Crippen MR) is 60.9 cm³/mol. The van der Waals surface area contributed by atoms with E-state index in [-0.39, 0.29) is 0 Å². The van der Waals surface area contributed by atoms with E-state index in [1.807, 2.05) is 37.3 Å². The van der Waals surface area contributed by atoms with Gasteiger partial charge in [0, 0.05) is 11.7 Å². The molecule has 1 aromatic rings. The van der Waals surface area contributed by atoms with E-state index in [4.69, 9.17) is 4.74 Å². The summed E-state index contributed by atoms with van der Waals surface area (Å²) in [5.41, 5.74) is 1.11. The summed E-state index contributed by atoms with van der Waals surface area (Å²) in [5.74, 6) is 0.884. The van der Waals surface area contributed by atoms with Crippen molar-refractivity contribution in [3.63, 3.8) is 0 Å². The molecule has 0 aliphatic carbocycles. The standard InChI is InChI=1S/C12H17NO/c1-4-5-10(2)13-11-6-8-12(14-3)9-7-11/h4-10,13H,1-3H3. The lowest BCUT2D eigenvalue weighted by Crippen LogP contribution is -2.11. The molecule has 1 N–H and O–H groups in total. The van der Waals surface area contributed by atoms with Crippen LogP contribution in [0.4, 0.5) is 5.69 Å². The summed E-state index contributed by atoms with van der Waals surface area (Å²) in [5, 5.41) is 3.35. The van der Waals surface area contributed by atoms with Crippen molar-refractivity contribution < 1.29 is 4.74 Å². The molecule has 1 unspecified atom stereocenters. The fourth-order valence-electron chi connectivity index (χ4n) is 1.29. The maximum absolute atomic E-state index is 5.08. The summed E-state index contributed by atoms with van der Waals surface area (Å²) in [6, 6.07) is 8.28. The number of hydrogen-bond acceptors (Lipinski definition) is 2. The van der Waals surface area contributed by atoms with E-state index in [0.29, 0.717) is 6.04 Å². The molecule has 0 fully saturated rings. The van der Waals surface area contributed by atoms with Gasteiger partial charge in [0.25, 0.3) is 0 Å². The Morgan fingerprint density at radius 3 is 2.43 bits per heavy atom. The Bertz CT molecular complexity index is 290. The Hall–Kier alpha value is -1.44. The van der Waals surface area contributed by atoms with Gasteiger partial charge in [0.15, 0.2) is 0 Å². The summed E-state index contributed by atoms with van der Waals surface area (Å²) in [4.78, 5) is 0. The van der Waals surface area contributed by atoms with Gasteiger partial charge in [-0.3, -0.25) is 0 Å². The smallest absolute Gasteiger partial charge is 0.119 e. The first-order valence-corrected chi connectivity index (χ1v) is 4.79. The zero-order valence-electron chi connectivity index (χ0n) is 8.95. The highest BCUT2D eigenvalue weighted by Gasteiger charge is 1.96. The Morgan fingerprint density at radius 1 is 1.29 bits per heavy atom.